The second-order valence-corrected chi connectivity index (χ2v) is 4.79. The van der Waals surface area contributed by atoms with Crippen LogP contribution in [0.2, 0.25) is 0 Å². The molecule has 1 aromatic carbocycles. The Morgan fingerprint density at radius 3 is 2.37 bits per heavy atom. The third-order valence-electron chi connectivity index (χ3n) is 3.36. The van der Waals surface area contributed by atoms with Crippen LogP contribution < -0.4 is 0 Å². The van der Waals surface area contributed by atoms with E-state index in [0.29, 0.717) is 0 Å². The second kappa shape index (κ2) is 5.66. The summed E-state index contributed by atoms with van der Waals surface area (Å²) < 4.78 is 0. The third kappa shape index (κ3) is 2.82. The van der Waals surface area contributed by atoms with Crippen LogP contribution in [-0.4, -0.2) is 4.98 Å². The van der Waals surface area contributed by atoms with Crippen LogP contribution in [0.5, 0.6) is 0 Å². The Morgan fingerprint density at radius 1 is 1.05 bits per heavy atom. The predicted molar refractivity (Wildman–Crippen MR) is 83.1 cm³/mol. The summed E-state index contributed by atoms with van der Waals surface area (Å²) in [7, 11) is 0. The van der Waals surface area contributed by atoms with E-state index in [2.05, 4.69) is 62.7 Å². The Kier molecular flexibility index (Phi) is 3.96. The Balaban J connectivity index is 2.62. The molecule has 0 radical (unpaired) electrons. The summed E-state index contributed by atoms with van der Waals surface area (Å²) in [5.41, 5.74) is 7.08. The van der Waals surface area contributed by atoms with Crippen LogP contribution in [-0.2, 0) is 0 Å². The standard InChI is InChI=1S/C18H19N/c1-5-6-7-17-15(4)14(3)12-19-18(17)16-10-8-13(2)9-11-16/h5-12H,1H2,2-4H3/b7-6-. The minimum Gasteiger partial charge on any atom is -0.255 e. The van der Waals surface area contributed by atoms with E-state index in [-0.39, 0.29) is 0 Å². The molecule has 1 heterocycles. The monoisotopic (exact) mass is 249 g/mol. The van der Waals surface area contributed by atoms with Crippen molar-refractivity contribution in [3.05, 3.63) is 71.4 Å². The predicted octanol–water partition coefficient (Wildman–Crippen LogP) is 4.87. The lowest BCUT2D eigenvalue weighted by Crippen LogP contribution is -1.95. The summed E-state index contributed by atoms with van der Waals surface area (Å²) in [4.78, 5) is 4.61. The van der Waals surface area contributed by atoms with Gasteiger partial charge in [-0.15, -0.1) is 0 Å². The summed E-state index contributed by atoms with van der Waals surface area (Å²) in [6.45, 7) is 10.1. The van der Waals surface area contributed by atoms with Gasteiger partial charge in [0, 0.05) is 17.3 Å². The van der Waals surface area contributed by atoms with E-state index in [9.17, 15) is 0 Å². The molecule has 0 unspecified atom stereocenters. The third-order valence-corrected chi connectivity index (χ3v) is 3.36. The first-order chi connectivity index (χ1) is 9.13. The minimum absolute atomic E-state index is 1.03. The van der Waals surface area contributed by atoms with E-state index in [1.807, 2.05) is 12.3 Å². The molecular formula is C18H19N. The van der Waals surface area contributed by atoms with E-state index >= 15 is 0 Å². The first-order valence-corrected chi connectivity index (χ1v) is 6.46. The van der Waals surface area contributed by atoms with Crippen molar-refractivity contribution >= 4 is 6.08 Å². The van der Waals surface area contributed by atoms with Crippen molar-refractivity contribution in [1.29, 1.82) is 0 Å². The van der Waals surface area contributed by atoms with E-state index in [1.54, 1.807) is 6.08 Å². The molecular weight excluding hydrogens is 230 g/mol. The molecule has 0 saturated heterocycles. The highest BCUT2D eigenvalue weighted by molar-refractivity contribution is 5.75. The maximum absolute atomic E-state index is 4.61. The minimum atomic E-state index is 1.03. The zero-order valence-corrected chi connectivity index (χ0v) is 11.8. The molecule has 0 amide bonds. The summed E-state index contributed by atoms with van der Waals surface area (Å²) >= 11 is 0. The van der Waals surface area contributed by atoms with Gasteiger partial charge in [-0.3, -0.25) is 4.98 Å². The lowest BCUT2D eigenvalue weighted by molar-refractivity contribution is 1.21. The van der Waals surface area contributed by atoms with Gasteiger partial charge in [0.2, 0.25) is 0 Å². The van der Waals surface area contributed by atoms with Gasteiger partial charge in [-0.1, -0.05) is 54.6 Å². The fraction of sp³-hybridized carbons (Fsp3) is 0.167. The summed E-state index contributed by atoms with van der Waals surface area (Å²) in [6, 6.07) is 8.48. The molecule has 0 N–H and O–H groups in total. The van der Waals surface area contributed by atoms with Gasteiger partial charge in [0.1, 0.15) is 0 Å². The summed E-state index contributed by atoms with van der Waals surface area (Å²) in [5.74, 6) is 0. The van der Waals surface area contributed by atoms with E-state index < -0.39 is 0 Å². The first-order valence-electron chi connectivity index (χ1n) is 6.46. The average Bonchev–Trinajstić information content (AvgIpc) is 2.41. The first kappa shape index (κ1) is 13.3. The second-order valence-electron chi connectivity index (χ2n) is 4.79. The van der Waals surface area contributed by atoms with Gasteiger partial charge in [0.15, 0.2) is 0 Å². The van der Waals surface area contributed by atoms with E-state index in [0.717, 1.165) is 11.3 Å². The number of aromatic nitrogens is 1. The topological polar surface area (TPSA) is 12.9 Å². The largest absolute Gasteiger partial charge is 0.255 e. The molecule has 0 bridgehead atoms. The Bertz CT molecular complexity index is 619. The Morgan fingerprint density at radius 2 is 1.74 bits per heavy atom. The number of benzene rings is 1. The highest BCUT2D eigenvalue weighted by atomic mass is 14.7. The number of pyridine rings is 1. The Labute approximate surface area is 115 Å². The molecule has 1 aromatic heterocycles. The average molecular weight is 249 g/mol. The molecule has 2 rings (SSSR count). The number of nitrogens with zero attached hydrogens (tertiary/aromatic N) is 1. The van der Waals surface area contributed by atoms with Crippen LogP contribution in [0.1, 0.15) is 22.3 Å². The normalized spacial score (nSPS) is 10.9. The molecule has 0 fully saturated rings. The van der Waals surface area contributed by atoms with Crippen LogP contribution in [0.4, 0.5) is 0 Å². The lowest BCUT2D eigenvalue weighted by Gasteiger charge is -2.11. The molecule has 2 aromatic rings. The van der Waals surface area contributed by atoms with Crippen LogP contribution in [0.3, 0.4) is 0 Å². The number of hydrogen-bond acceptors (Lipinski definition) is 1. The van der Waals surface area contributed by atoms with E-state index in [4.69, 9.17) is 0 Å². The number of rotatable bonds is 3. The molecule has 0 saturated carbocycles. The lowest BCUT2D eigenvalue weighted by atomic mass is 9.98. The van der Waals surface area contributed by atoms with Gasteiger partial charge in [-0.2, -0.15) is 0 Å². The van der Waals surface area contributed by atoms with Crippen LogP contribution in [0.15, 0.2) is 49.2 Å². The van der Waals surface area contributed by atoms with Gasteiger partial charge < -0.3 is 0 Å². The van der Waals surface area contributed by atoms with E-state index in [1.165, 1.54) is 22.3 Å². The Hall–Kier alpha value is -2.15. The van der Waals surface area contributed by atoms with Crippen molar-refractivity contribution in [2.75, 3.05) is 0 Å². The highest BCUT2D eigenvalue weighted by Crippen LogP contribution is 2.27. The summed E-state index contributed by atoms with van der Waals surface area (Å²) in [6.07, 6.45) is 7.77. The zero-order chi connectivity index (χ0) is 13.8. The fourth-order valence-corrected chi connectivity index (χ4v) is 2.03. The van der Waals surface area contributed by atoms with Crippen molar-refractivity contribution in [2.24, 2.45) is 0 Å². The van der Waals surface area contributed by atoms with Crippen LogP contribution in [0, 0.1) is 20.8 Å². The van der Waals surface area contributed by atoms with Crippen molar-refractivity contribution < 1.29 is 0 Å². The van der Waals surface area contributed by atoms with Gasteiger partial charge in [-0.25, -0.2) is 0 Å². The SMILES string of the molecule is C=C/C=C\c1c(-c2ccc(C)cc2)ncc(C)c1C. The number of allylic oxidation sites excluding steroid dienone is 2. The molecule has 1 heteroatoms. The highest BCUT2D eigenvalue weighted by Gasteiger charge is 2.08. The molecule has 0 atom stereocenters. The molecule has 96 valence electrons. The molecule has 0 aliphatic rings. The van der Waals surface area contributed by atoms with Gasteiger partial charge in [0.05, 0.1) is 5.69 Å². The molecule has 0 spiro atoms. The maximum Gasteiger partial charge on any atom is 0.0777 e. The smallest absolute Gasteiger partial charge is 0.0777 e. The molecule has 0 aliphatic carbocycles. The summed E-state index contributed by atoms with van der Waals surface area (Å²) in [5, 5.41) is 0. The fourth-order valence-electron chi connectivity index (χ4n) is 2.03. The molecule has 1 nitrogen and oxygen atoms in total. The van der Waals surface area contributed by atoms with Gasteiger partial charge in [-0.05, 0) is 31.9 Å². The number of aryl methyl sites for hydroxylation is 2. The molecule has 0 aliphatic heterocycles. The van der Waals surface area contributed by atoms with Gasteiger partial charge in [0.25, 0.3) is 0 Å². The van der Waals surface area contributed by atoms with Crippen molar-refractivity contribution in [2.45, 2.75) is 20.8 Å². The van der Waals surface area contributed by atoms with Gasteiger partial charge >= 0.3 is 0 Å². The van der Waals surface area contributed by atoms with Crippen molar-refractivity contribution in [1.82, 2.24) is 4.98 Å². The van der Waals surface area contributed by atoms with Crippen LogP contribution >= 0.6 is 0 Å². The van der Waals surface area contributed by atoms with Crippen molar-refractivity contribution in [3.63, 3.8) is 0 Å². The quantitative estimate of drug-likeness (QED) is 0.707. The molecule has 19 heavy (non-hydrogen) atoms. The van der Waals surface area contributed by atoms with Crippen LogP contribution in [0.25, 0.3) is 17.3 Å². The van der Waals surface area contributed by atoms with Crippen molar-refractivity contribution in [3.8, 4) is 11.3 Å². The number of hydrogen-bond donors (Lipinski definition) is 0. The zero-order valence-electron chi connectivity index (χ0n) is 11.8. The maximum atomic E-state index is 4.61.